The number of hydrogen-bond donors (Lipinski definition) is 0. The predicted molar refractivity (Wildman–Crippen MR) is 194 cm³/mol. The first-order valence-electron chi connectivity index (χ1n) is 16.5. The Morgan fingerprint density at radius 1 is 0.455 bits per heavy atom. The van der Waals surface area contributed by atoms with Gasteiger partial charge in [0.05, 0.1) is 22.3 Å². The molecule has 2 atom stereocenters. The maximum absolute atomic E-state index is 14.1. The maximum Gasteiger partial charge on any atom is 0.416 e. The SMILES string of the molecule is C[C@H](C1C=CC=C1c1ccc(P(c2ccccc2)c2ccccc2)cc1)P(c1cc(C(F)(F)F)cc(C(F)(F)F)c1)c1cc(C(F)(F)F)cc(C(F)(F)F)c1. The Morgan fingerprint density at radius 2 is 0.818 bits per heavy atom. The Bertz CT molecular complexity index is 2000. The summed E-state index contributed by atoms with van der Waals surface area (Å²) in [4.78, 5) is 0. The lowest BCUT2D eigenvalue weighted by molar-refractivity contribution is -0.144. The highest BCUT2D eigenvalue weighted by molar-refractivity contribution is 7.79. The molecule has 286 valence electrons. The summed E-state index contributed by atoms with van der Waals surface area (Å²) < 4.78 is 169. The molecule has 0 radical (unpaired) electrons. The molecule has 0 saturated carbocycles. The fourth-order valence-electron chi connectivity index (χ4n) is 6.54. The van der Waals surface area contributed by atoms with E-state index in [0.717, 1.165) is 15.9 Å². The van der Waals surface area contributed by atoms with Crippen LogP contribution in [-0.2, 0) is 24.7 Å². The summed E-state index contributed by atoms with van der Waals surface area (Å²) >= 11 is 0. The average molecular weight is 811 g/mol. The molecule has 0 N–H and O–H groups in total. The molecule has 14 heteroatoms. The molecule has 0 heterocycles. The average Bonchev–Trinajstić information content (AvgIpc) is 3.62. The Kier molecular flexibility index (Phi) is 11.2. The fraction of sp³-hybridized carbons (Fsp3) is 0.171. The van der Waals surface area contributed by atoms with Crippen LogP contribution in [0.2, 0.25) is 0 Å². The van der Waals surface area contributed by atoms with Crippen molar-refractivity contribution < 1.29 is 52.7 Å². The van der Waals surface area contributed by atoms with Crippen molar-refractivity contribution in [3.05, 3.63) is 167 Å². The summed E-state index contributed by atoms with van der Waals surface area (Å²) in [5, 5.41) is 1.73. The van der Waals surface area contributed by atoms with E-state index in [1.807, 2.05) is 72.8 Å². The fourth-order valence-corrected chi connectivity index (χ4v) is 11.8. The number of rotatable bonds is 8. The van der Waals surface area contributed by atoms with E-state index in [4.69, 9.17) is 0 Å². The van der Waals surface area contributed by atoms with E-state index in [0.29, 0.717) is 35.4 Å². The Balaban J connectivity index is 1.48. The Hall–Kier alpha value is -4.40. The van der Waals surface area contributed by atoms with Crippen LogP contribution >= 0.6 is 15.8 Å². The van der Waals surface area contributed by atoms with Crippen LogP contribution in [0.15, 0.2) is 140 Å². The largest absolute Gasteiger partial charge is 0.416 e. The second-order valence-electron chi connectivity index (χ2n) is 12.7. The van der Waals surface area contributed by atoms with Crippen LogP contribution in [0.25, 0.3) is 5.57 Å². The summed E-state index contributed by atoms with van der Waals surface area (Å²) in [7, 11) is -3.78. The summed E-state index contributed by atoms with van der Waals surface area (Å²) in [6.07, 6.45) is -16.4. The van der Waals surface area contributed by atoms with Gasteiger partial charge in [-0.25, -0.2) is 0 Å². The second kappa shape index (κ2) is 15.3. The van der Waals surface area contributed by atoms with Gasteiger partial charge in [0.2, 0.25) is 0 Å². The van der Waals surface area contributed by atoms with E-state index in [1.165, 1.54) is 6.92 Å². The molecule has 1 unspecified atom stereocenters. The number of halogens is 12. The molecule has 0 bridgehead atoms. The van der Waals surface area contributed by atoms with Crippen molar-refractivity contribution in [2.45, 2.75) is 37.3 Å². The molecule has 5 aromatic rings. The molecule has 0 fully saturated rings. The third-order valence-corrected chi connectivity index (χ3v) is 14.3. The number of benzene rings is 5. The standard InChI is InChI=1S/C41H28F12P2/c1-25(36-13-8-14-37(36)26-15-17-33(18-16-26)55(31-9-4-2-5-10-31)32-11-6-3-7-12-32)54(34-21-27(38(42,43)44)19-28(22-34)39(45,46)47)35-23-29(40(48,49)50)20-30(24-35)41(51,52)53/h2-25,36H,1H3/t25-,36?/m1/s1. The topological polar surface area (TPSA) is 0 Å². The van der Waals surface area contributed by atoms with Crippen molar-refractivity contribution in [2.24, 2.45) is 5.92 Å². The van der Waals surface area contributed by atoms with Gasteiger partial charge in [-0.1, -0.05) is 110 Å². The lowest BCUT2D eigenvalue weighted by atomic mass is 9.93. The third-order valence-electron chi connectivity index (χ3n) is 9.07. The van der Waals surface area contributed by atoms with E-state index >= 15 is 0 Å². The van der Waals surface area contributed by atoms with Gasteiger partial charge in [0.1, 0.15) is 0 Å². The Morgan fingerprint density at radius 3 is 1.18 bits per heavy atom. The minimum Gasteiger partial charge on any atom is -0.166 e. The molecule has 1 aliphatic carbocycles. The van der Waals surface area contributed by atoms with Gasteiger partial charge in [-0.15, -0.1) is 0 Å². The summed E-state index contributed by atoms with van der Waals surface area (Å²) in [5.74, 6) is -0.825. The molecule has 0 amide bonds. The quantitative estimate of drug-likeness (QED) is 0.108. The van der Waals surface area contributed by atoms with Crippen molar-refractivity contribution in [3.63, 3.8) is 0 Å². The molecule has 6 rings (SSSR count). The first kappa shape index (κ1) is 40.3. The highest BCUT2D eigenvalue weighted by atomic mass is 31.1. The van der Waals surface area contributed by atoms with E-state index < -0.39 is 85.0 Å². The Labute approximate surface area is 310 Å². The van der Waals surface area contributed by atoms with Crippen LogP contribution in [0.5, 0.6) is 0 Å². The summed E-state index contributed by atoms with van der Waals surface area (Å²) in [5.41, 5.74) is -6.88. The van der Waals surface area contributed by atoms with Gasteiger partial charge in [0, 0.05) is 5.92 Å². The predicted octanol–water partition coefficient (Wildman–Crippen LogP) is 11.6. The van der Waals surface area contributed by atoms with Gasteiger partial charge in [-0.3, -0.25) is 0 Å². The second-order valence-corrected chi connectivity index (χ2v) is 17.5. The highest BCUT2D eigenvalue weighted by Crippen LogP contribution is 2.51. The molecule has 55 heavy (non-hydrogen) atoms. The van der Waals surface area contributed by atoms with Crippen molar-refractivity contribution >= 4 is 47.9 Å². The minimum atomic E-state index is -5.32. The summed E-state index contributed by atoms with van der Waals surface area (Å²) in [6, 6.07) is 28.2. The van der Waals surface area contributed by atoms with Gasteiger partial charge in [-0.2, -0.15) is 52.7 Å². The van der Waals surface area contributed by atoms with Crippen LogP contribution in [0.4, 0.5) is 52.7 Å². The number of allylic oxidation sites excluding steroid dienone is 4. The molecule has 0 aliphatic heterocycles. The van der Waals surface area contributed by atoms with E-state index in [-0.39, 0.29) is 12.1 Å². The van der Waals surface area contributed by atoms with E-state index in [1.54, 1.807) is 30.4 Å². The van der Waals surface area contributed by atoms with Gasteiger partial charge in [0.15, 0.2) is 0 Å². The molecule has 1 aliphatic rings. The van der Waals surface area contributed by atoms with Gasteiger partial charge >= 0.3 is 24.7 Å². The van der Waals surface area contributed by atoms with Crippen molar-refractivity contribution in [2.75, 3.05) is 0 Å². The van der Waals surface area contributed by atoms with Crippen LogP contribution in [-0.4, -0.2) is 5.66 Å². The van der Waals surface area contributed by atoms with Crippen LogP contribution in [0.3, 0.4) is 0 Å². The van der Waals surface area contributed by atoms with Gasteiger partial charge in [-0.05, 0) is 95.6 Å². The lowest BCUT2D eigenvalue weighted by Crippen LogP contribution is -2.29. The van der Waals surface area contributed by atoms with Crippen LogP contribution in [0, 0.1) is 5.92 Å². The van der Waals surface area contributed by atoms with E-state index in [9.17, 15) is 52.7 Å². The smallest absolute Gasteiger partial charge is 0.166 e. The summed E-state index contributed by atoms with van der Waals surface area (Å²) in [6.45, 7) is 1.42. The highest BCUT2D eigenvalue weighted by Gasteiger charge is 2.42. The number of hydrogen-bond acceptors (Lipinski definition) is 0. The van der Waals surface area contributed by atoms with Gasteiger partial charge in [0.25, 0.3) is 0 Å². The first-order chi connectivity index (χ1) is 25.7. The zero-order chi connectivity index (χ0) is 39.9. The van der Waals surface area contributed by atoms with Crippen molar-refractivity contribution in [1.29, 1.82) is 0 Å². The molecular weight excluding hydrogens is 782 g/mol. The molecule has 5 aromatic carbocycles. The minimum absolute atomic E-state index is 0.128. The number of alkyl halides is 12. The third kappa shape index (κ3) is 9.02. The normalized spacial score (nSPS) is 15.8. The van der Waals surface area contributed by atoms with Gasteiger partial charge < -0.3 is 0 Å². The maximum atomic E-state index is 14.1. The molecule has 0 nitrogen and oxygen atoms in total. The molecule has 0 aromatic heterocycles. The van der Waals surface area contributed by atoms with Crippen molar-refractivity contribution in [3.8, 4) is 0 Å². The zero-order valence-electron chi connectivity index (χ0n) is 28.4. The van der Waals surface area contributed by atoms with Crippen LogP contribution in [0.1, 0.15) is 34.7 Å². The molecular formula is C41H28F12P2. The van der Waals surface area contributed by atoms with Crippen LogP contribution < -0.4 is 26.5 Å². The first-order valence-corrected chi connectivity index (χ1v) is 19.2. The zero-order valence-corrected chi connectivity index (χ0v) is 30.2. The lowest BCUT2D eigenvalue weighted by Gasteiger charge is -2.33. The molecule has 0 saturated heterocycles. The molecule has 0 spiro atoms. The van der Waals surface area contributed by atoms with E-state index in [2.05, 4.69) is 0 Å². The monoisotopic (exact) mass is 810 g/mol. The van der Waals surface area contributed by atoms with Crippen molar-refractivity contribution in [1.82, 2.24) is 0 Å².